The Morgan fingerprint density at radius 2 is 2.19 bits per heavy atom. The van der Waals surface area contributed by atoms with E-state index in [1.165, 1.54) is 0 Å². The van der Waals surface area contributed by atoms with Crippen LogP contribution in [0.1, 0.15) is 38.7 Å². The van der Waals surface area contributed by atoms with Crippen LogP contribution in [0.2, 0.25) is 0 Å². The van der Waals surface area contributed by atoms with Gasteiger partial charge in [-0.3, -0.25) is 4.79 Å². The Hall–Kier alpha value is -2.04. The van der Waals surface area contributed by atoms with E-state index in [4.69, 9.17) is 0 Å². The van der Waals surface area contributed by atoms with Gasteiger partial charge in [0.05, 0.1) is 5.41 Å². The number of benzene rings is 1. The van der Waals surface area contributed by atoms with Crippen LogP contribution in [0.4, 0.5) is 10.5 Å². The van der Waals surface area contributed by atoms with E-state index in [1.54, 1.807) is 6.92 Å². The van der Waals surface area contributed by atoms with Gasteiger partial charge in [-0.25, -0.2) is 4.79 Å². The van der Waals surface area contributed by atoms with Gasteiger partial charge in [-0.15, -0.1) is 0 Å². The lowest BCUT2D eigenvalue weighted by Gasteiger charge is -2.27. The summed E-state index contributed by atoms with van der Waals surface area (Å²) in [5, 5.41) is 14.9. The maximum Gasteiger partial charge on any atom is 0.319 e. The molecule has 1 aliphatic rings. The van der Waals surface area contributed by atoms with Crippen LogP contribution in [-0.2, 0) is 11.2 Å². The van der Waals surface area contributed by atoms with E-state index in [-0.39, 0.29) is 12.1 Å². The van der Waals surface area contributed by atoms with Crippen LogP contribution in [0.3, 0.4) is 0 Å². The molecule has 3 N–H and O–H groups in total. The van der Waals surface area contributed by atoms with Crippen molar-refractivity contribution < 1.29 is 14.7 Å². The first kappa shape index (κ1) is 15.4. The van der Waals surface area contributed by atoms with Gasteiger partial charge in [-0.1, -0.05) is 25.5 Å². The van der Waals surface area contributed by atoms with Crippen molar-refractivity contribution in [2.75, 3.05) is 5.32 Å². The lowest BCUT2D eigenvalue weighted by molar-refractivity contribution is -0.148. The fourth-order valence-corrected chi connectivity index (χ4v) is 2.85. The lowest BCUT2D eigenvalue weighted by Crippen LogP contribution is -2.48. The van der Waals surface area contributed by atoms with Crippen LogP contribution in [-0.4, -0.2) is 23.1 Å². The number of anilines is 1. The highest BCUT2D eigenvalue weighted by Gasteiger charge is 2.45. The molecule has 0 spiro atoms. The molecular formula is C16H22N2O3. The van der Waals surface area contributed by atoms with E-state index < -0.39 is 11.4 Å². The molecule has 2 amide bonds. The fourth-order valence-electron chi connectivity index (χ4n) is 2.85. The molecular weight excluding hydrogens is 268 g/mol. The van der Waals surface area contributed by atoms with Crippen molar-refractivity contribution >= 4 is 17.7 Å². The molecule has 2 atom stereocenters. The second kappa shape index (κ2) is 6.16. The Bertz CT molecular complexity index is 544. The molecule has 1 aromatic rings. The highest BCUT2D eigenvalue weighted by atomic mass is 16.4. The van der Waals surface area contributed by atoms with E-state index >= 15 is 0 Å². The SMILES string of the molecule is CCc1cccc(NC(=O)NC2CCCC2(C)C(=O)O)c1. The number of nitrogens with one attached hydrogen (secondary N) is 2. The Morgan fingerprint density at radius 1 is 1.43 bits per heavy atom. The van der Waals surface area contributed by atoms with Gasteiger partial charge in [-0.2, -0.15) is 0 Å². The van der Waals surface area contributed by atoms with E-state index in [0.29, 0.717) is 12.8 Å². The highest BCUT2D eigenvalue weighted by molar-refractivity contribution is 5.90. The average molecular weight is 290 g/mol. The number of aliphatic carboxylic acids is 1. The smallest absolute Gasteiger partial charge is 0.319 e. The number of carbonyl (C=O) groups is 2. The Morgan fingerprint density at radius 3 is 2.86 bits per heavy atom. The van der Waals surface area contributed by atoms with Crippen LogP contribution in [0, 0.1) is 5.41 Å². The Kier molecular flexibility index (Phi) is 4.50. The van der Waals surface area contributed by atoms with E-state index in [9.17, 15) is 14.7 Å². The summed E-state index contributed by atoms with van der Waals surface area (Å²) in [5.41, 5.74) is 0.994. The van der Waals surface area contributed by atoms with E-state index in [1.807, 2.05) is 24.3 Å². The maximum atomic E-state index is 12.1. The topological polar surface area (TPSA) is 78.4 Å². The van der Waals surface area contributed by atoms with Gasteiger partial charge in [0.2, 0.25) is 0 Å². The van der Waals surface area contributed by atoms with Gasteiger partial charge in [-0.05, 0) is 43.9 Å². The molecule has 21 heavy (non-hydrogen) atoms. The minimum atomic E-state index is -0.872. The van der Waals surface area contributed by atoms with E-state index in [0.717, 1.165) is 24.1 Å². The van der Waals surface area contributed by atoms with Crippen LogP contribution in [0.5, 0.6) is 0 Å². The molecule has 5 nitrogen and oxygen atoms in total. The summed E-state index contributed by atoms with van der Waals surface area (Å²) in [7, 11) is 0. The number of carboxylic acids is 1. The summed E-state index contributed by atoms with van der Waals surface area (Å²) in [5.74, 6) is -0.849. The van der Waals surface area contributed by atoms with Crippen LogP contribution >= 0.6 is 0 Å². The molecule has 2 unspecified atom stereocenters. The van der Waals surface area contributed by atoms with Crippen molar-refractivity contribution in [3.8, 4) is 0 Å². The molecule has 0 heterocycles. The quantitative estimate of drug-likeness (QED) is 0.797. The van der Waals surface area contributed by atoms with Crippen molar-refractivity contribution in [1.29, 1.82) is 0 Å². The number of rotatable bonds is 4. The first-order valence-corrected chi connectivity index (χ1v) is 7.35. The second-order valence-corrected chi connectivity index (χ2v) is 5.82. The molecule has 2 rings (SSSR count). The van der Waals surface area contributed by atoms with Gasteiger partial charge in [0.25, 0.3) is 0 Å². The standard InChI is InChI=1S/C16H22N2O3/c1-3-11-6-4-7-12(10-11)17-15(21)18-13-8-5-9-16(13,2)14(19)20/h4,6-7,10,13H,3,5,8-9H2,1-2H3,(H,19,20)(H2,17,18,21). The summed E-state index contributed by atoms with van der Waals surface area (Å²) in [6.07, 6.45) is 3.01. The predicted octanol–water partition coefficient (Wildman–Crippen LogP) is 3.01. The summed E-state index contributed by atoms with van der Waals surface area (Å²) >= 11 is 0. The van der Waals surface area contributed by atoms with Gasteiger partial charge in [0.1, 0.15) is 0 Å². The summed E-state index contributed by atoms with van der Waals surface area (Å²) < 4.78 is 0. The maximum absolute atomic E-state index is 12.1. The zero-order valence-electron chi connectivity index (χ0n) is 12.5. The van der Waals surface area contributed by atoms with Crippen LogP contribution in [0.15, 0.2) is 24.3 Å². The fraction of sp³-hybridized carbons (Fsp3) is 0.500. The van der Waals surface area contributed by atoms with Crippen molar-refractivity contribution in [3.05, 3.63) is 29.8 Å². The number of hydrogen-bond acceptors (Lipinski definition) is 2. The number of aryl methyl sites for hydroxylation is 1. The Labute approximate surface area is 124 Å². The first-order valence-electron chi connectivity index (χ1n) is 7.35. The van der Waals surface area contributed by atoms with Gasteiger partial charge in [0.15, 0.2) is 0 Å². The molecule has 0 bridgehead atoms. The predicted molar refractivity (Wildman–Crippen MR) is 81.4 cm³/mol. The molecule has 1 aromatic carbocycles. The first-order chi connectivity index (χ1) is 9.95. The molecule has 114 valence electrons. The number of carboxylic acid groups (broad SMARTS) is 1. The zero-order chi connectivity index (χ0) is 15.5. The summed E-state index contributed by atoms with van der Waals surface area (Å²) in [6, 6.07) is 6.97. The molecule has 0 aliphatic heterocycles. The molecule has 1 fully saturated rings. The monoisotopic (exact) mass is 290 g/mol. The molecule has 1 saturated carbocycles. The van der Waals surface area contributed by atoms with Crippen molar-refractivity contribution in [3.63, 3.8) is 0 Å². The highest BCUT2D eigenvalue weighted by Crippen LogP contribution is 2.38. The normalized spacial score (nSPS) is 24.6. The second-order valence-electron chi connectivity index (χ2n) is 5.82. The number of hydrogen-bond donors (Lipinski definition) is 3. The Balaban J connectivity index is 2.00. The third-order valence-corrected chi connectivity index (χ3v) is 4.34. The lowest BCUT2D eigenvalue weighted by atomic mass is 9.85. The summed E-state index contributed by atoms with van der Waals surface area (Å²) in [4.78, 5) is 23.4. The van der Waals surface area contributed by atoms with Crippen LogP contribution in [0.25, 0.3) is 0 Å². The van der Waals surface area contributed by atoms with Crippen molar-refractivity contribution in [2.24, 2.45) is 5.41 Å². The van der Waals surface area contributed by atoms with Crippen molar-refractivity contribution in [2.45, 2.75) is 45.6 Å². The largest absolute Gasteiger partial charge is 0.481 e. The van der Waals surface area contributed by atoms with Gasteiger partial charge < -0.3 is 15.7 Å². The van der Waals surface area contributed by atoms with Crippen molar-refractivity contribution in [1.82, 2.24) is 5.32 Å². The number of carbonyl (C=O) groups excluding carboxylic acids is 1. The minimum Gasteiger partial charge on any atom is -0.481 e. The third kappa shape index (κ3) is 3.35. The summed E-state index contributed by atoms with van der Waals surface area (Å²) in [6.45, 7) is 3.75. The third-order valence-electron chi connectivity index (χ3n) is 4.34. The molecule has 0 aromatic heterocycles. The van der Waals surface area contributed by atoms with E-state index in [2.05, 4.69) is 17.6 Å². The molecule has 1 aliphatic carbocycles. The van der Waals surface area contributed by atoms with Gasteiger partial charge >= 0.3 is 12.0 Å². The molecule has 0 radical (unpaired) electrons. The average Bonchev–Trinajstić information content (AvgIpc) is 2.81. The molecule has 5 heteroatoms. The molecule has 0 saturated heterocycles. The minimum absolute atomic E-state index is 0.329. The van der Waals surface area contributed by atoms with Gasteiger partial charge in [0, 0.05) is 11.7 Å². The zero-order valence-corrected chi connectivity index (χ0v) is 12.5. The number of amides is 2. The number of urea groups is 1. The van der Waals surface area contributed by atoms with Crippen LogP contribution < -0.4 is 10.6 Å².